The zero-order chi connectivity index (χ0) is 13.2. The summed E-state index contributed by atoms with van der Waals surface area (Å²) >= 11 is 0. The van der Waals surface area contributed by atoms with Gasteiger partial charge >= 0.3 is 0 Å². The fraction of sp³-hybridized carbons (Fsp3) is 0.400. The minimum Gasteiger partial charge on any atom is -0.381 e. The first-order valence-corrected chi connectivity index (χ1v) is 6.76. The maximum absolute atomic E-state index is 14.2. The minimum atomic E-state index is -0.153. The van der Waals surface area contributed by atoms with Crippen LogP contribution in [-0.4, -0.2) is 5.16 Å². The summed E-state index contributed by atoms with van der Waals surface area (Å²) in [7, 11) is 0. The molecule has 0 aliphatic heterocycles. The molecule has 1 aliphatic rings. The molecule has 0 saturated heterocycles. The maximum Gasteiger partial charge on any atom is 0.169 e. The first-order chi connectivity index (χ1) is 9.24. The van der Waals surface area contributed by atoms with Crippen molar-refractivity contribution in [2.75, 3.05) is 5.73 Å². The molecule has 1 fully saturated rings. The third-order valence-corrected chi connectivity index (χ3v) is 3.86. The highest BCUT2D eigenvalue weighted by atomic mass is 19.1. The molecule has 2 N–H and O–H groups in total. The molecule has 3 nitrogen and oxygen atoms in total. The lowest BCUT2D eigenvalue weighted by Gasteiger charge is -2.22. The van der Waals surface area contributed by atoms with Crippen LogP contribution >= 0.6 is 0 Å². The molecule has 4 heteroatoms. The average Bonchev–Trinajstić information content (AvgIpc) is 2.86. The summed E-state index contributed by atoms with van der Waals surface area (Å²) in [4.78, 5) is 0. The number of hydrogen-bond donors (Lipinski definition) is 1. The third kappa shape index (κ3) is 2.48. The van der Waals surface area contributed by atoms with E-state index >= 15 is 0 Å². The first-order valence-electron chi connectivity index (χ1n) is 6.76. The maximum atomic E-state index is 14.2. The standard InChI is InChI=1S/C15H17FN2O/c16-13-8-11(14-9-15(17)18-19-14)6-7-12(13)10-4-2-1-3-5-10/h6-10H,1-5H2,(H2,17,18). The summed E-state index contributed by atoms with van der Waals surface area (Å²) in [5.74, 6) is 1.03. The summed E-state index contributed by atoms with van der Waals surface area (Å²) in [5.41, 5.74) is 7.01. The largest absolute Gasteiger partial charge is 0.381 e. The van der Waals surface area contributed by atoms with Crippen molar-refractivity contribution in [3.63, 3.8) is 0 Å². The van der Waals surface area contributed by atoms with Gasteiger partial charge in [-0.3, -0.25) is 0 Å². The molecule has 0 radical (unpaired) electrons. The molecule has 1 aliphatic carbocycles. The normalized spacial score (nSPS) is 16.7. The van der Waals surface area contributed by atoms with Gasteiger partial charge in [0.15, 0.2) is 11.6 Å². The van der Waals surface area contributed by atoms with Crippen LogP contribution in [0.25, 0.3) is 11.3 Å². The summed E-state index contributed by atoms with van der Waals surface area (Å²) in [5, 5.41) is 3.62. The van der Waals surface area contributed by atoms with Gasteiger partial charge in [0.1, 0.15) is 5.82 Å². The van der Waals surface area contributed by atoms with Gasteiger partial charge in [-0.15, -0.1) is 0 Å². The lowest BCUT2D eigenvalue weighted by Crippen LogP contribution is -2.06. The number of rotatable bonds is 2. The van der Waals surface area contributed by atoms with Crippen molar-refractivity contribution in [1.82, 2.24) is 5.16 Å². The van der Waals surface area contributed by atoms with E-state index in [1.165, 1.54) is 25.3 Å². The van der Waals surface area contributed by atoms with Crippen molar-refractivity contribution in [3.05, 3.63) is 35.6 Å². The van der Waals surface area contributed by atoms with E-state index in [0.717, 1.165) is 18.4 Å². The Bertz CT molecular complexity index is 573. The van der Waals surface area contributed by atoms with E-state index in [1.807, 2.05) is 12.1 Å². The number of aromatic nitrogens is 1. The number of hydrogen-bond acceptors (Lipinski definition) is 3. The Kier molecular flexibility index (Phi) is 3.23. The highest BCUT2D eigenvalue weighted by Crippen LogP contribution is 2.35. The first kappa shape index (κ1) is 12.2. The van der Waals surface area contributed by atoms with Gasteiger partial charge in [0.05, 0.1) is 0 Å². The summed E-state index contributed by atoms with van der Waals surface area (Å²) < 4.78 is 19.3. The Balaban J connectivity index is 1.89. The Hall–Kier alpha value is -1.84. The Morgan fingerprint density at radius 3 is 2.58 bits per heavy atom. The number of halogens is 1. The van der Waals surface area contributed by atoms with Crippen LogP contribution < -0.4 is 5.73 Å². The third-order valence-electron chi connectivity index (χ3n) is 3.86. The SMILES string of the molecule is Nc1cc(-c2ccc(C3CCCCC3)c(F)c2)on1. The van der Waals surface area contributed by atoms with Crippen molar-refractivity contribution in [2.45, 2.75) is 38.0 Å². The molecule has 1 heterocycles. The van der Waals surface area contributed by atoms with Crippen LogP contribution in [0.5, 0.6) is 0 Å². The molecule has 0 amide bonds. The number of nitrogens with zero attached hydrogens (tertiary/aromatic N) is 1. The zero-order valence-corrected chi connectivity index (χ0v) is 10.7. The van der Waals surface area contributed by atoms with E-state index in [1.54, 1.807) is 6.07 Å². The number of nitrogens with two attached hydrogens (primary N) is 1. The molecule has 1 aromatic carbocycles. The zero-order valence-electron chi connectivity index (χ0n) is 10.7. The molecule has 100 valence electrons. The Morgan fingerprint density at radius 1 is 1.16 bits per heavy atom. The average molecular weight is 260 g/mol. The monoisotopic (exact) mass is 260 g/mol. The molecule has 1 aromatic heterocycles. The topological polar surface area (TPSA) is 52.0 Å². The van der Waals surface area contributed by atoms with E-state index in [0.29, 0.717) is 23.1 Å². The van der Waals surface area contributed by atoms with E-state index < -0.39 is 0 Å². The van der Waals surface area contributed by atoms with Crippen molar-refractivity contribution in [2.24, 2.45) is 0 Å². The van der Waals surface area contributed by atoms with Crippen LogP contribution in [0.15, 0.2) is 28.8 Å². The van der Waals surface area contributed by atoms with Crippen LogP contribution in [0.3, 0.4) is 0 Å². The highest BCUT2D eigenvalue weighted by molar-refractivity contribution is 5.60. The smallest absolute Gasteiger partial charge is 0.169 e. The quantitative estimate of drug-likeness (QED) is 0.884. The van der Waals surface area contributed by atoms with E-state index in [2.05, 4.69) is 5.16 Å². The second kappa shape index (κ2) is 5.03. The fourth-order valence-corrected chi connectivity index (χ4v) is 2.85. The van der Waals surface area contributed by atoms with Gasteiger partial charge in [0.25, 0.3) is 0 Å². The second-order valence-electron chi connectivity index (χ2n) is 5.19. The number of benzene rings is 1. The number of anilines is 1. The molecule has 2 aromatic rings. The van der Waals surface area contributed by atoms with E-state index in [4.69, 9.17) is 10.3 Å². The minimum absolute atomic E-state index is 0.153. The van der Waals surface area contributed by atoms with Crippen molar-refractivity contribution < 1.29 is 8.91 Å². The van der Waals surface area contributed by atoms with Crippen LogP contribution in [0.1, 0.15) is 43.6 Å². The molecule has 0 spiro atoms. The van der Waals surface area contributed by atoms with Crippen LogP contribution in [0.4, 0.5) is 10.2 Å². The number of nitrogen functional groups attached to an aromatic ring is 1. The lowest BCUT2D eigenvalue weighted by molar-refractivity contribution is 0.428. The summed E-state index contributed by atoms with van der Waals surface area (Å²) in [6.45, 7) is 0. The fourth-order valence-electron chi connectivity index (χ4n) is 2.85. The molecule has 0 atom stereocenters. The molecular weight excluding hydrogens is 243 g/mol. The lowest BCUT2D eigenvalue weighted by atomic mass is 9.83. The van der Waals surface area contributed by atoms with Gasteiger partial charge < -0.3 is 10.3 Å². The summed E-state index contributed by atoms with van der Waals surface area (Å²) in [6, 6.07) is 6.88. The van der Waals surface area contributed by atoms with Crippen molar-refractivity contribution >= 4 is 5.82 Å². The molecule has 0 unspecified atom stereocenters. The van der Waals surface area contributed by atoms with Crippen LogP contribution in [0.2, 0.25) is 0 Å². The summed E-state index contributed by atoms with van der Waals surface area (Å²) in [6.07, 6.45) is 5.85. The molecular formula is C15H17FN2O. The Morgan fingerprint density at radius 2 is 1.95 bits per heavy atom. The van der Waals surface area contributed by atoms with E-state index in [9.17, 15) is 4.39 Å². The predicted molar refractivity (Wildman–Crippen MR) is 72.1 cm³/mol. The Labute approximate surface area is 111 Å². The highest BCUT2D eigenvalue weighted by Gasteiger charge is 2.19. The van der Waals surface area contributed by atoms with Crippen LogP contribution in [0, 0.1) is 5.82 Å². The molecule has 19 heavy (non-hydrogen) atoms. The van der Waals surface area contributed by atoms with Gasteiger partial charge in [0, 0.05) is 11.6 Å². The van der Waals surface area contributed by atoms with Gasteiger partial charge in [-0.1, -0.05) is 36.6 Å². The predicted octanol–water partition coefficient (Wildman–Crippen LogP) is 4.11. The van der Waals surface area contributed by atoms with Gasteiger partial charge in [-0.25, -0.2) is 4.39 Å². The van der Waals surface area contributed by atoms with Gasteiger partial charge in [0.2, 0.25) is 0 Å². The van der Waals surface area contributed by atoms with E-state index in [-0.39, 0.29) is 5.82 Å². The van der Waals surface area contributed by atoms with Gasteiger partial charge in [-0.05, 0) is 30.4 Å². The van der Waals surface area contributed by atoms with Crippen molar-refractivity contribution in [1.29, 1.82) is 0 Å². The molecule has 0 bridgehead atoms. The van der Waals surface area contributed by atoms with Crippen LogP contribution in [-0.2, 0) is 0 Å². The second-order valence-corrected chi connectivity index (χ2v) is 5.19. The van der Waals surface area contributed by atoms with Gasteiger partial charge in [-0.2, -0.15) is 0 Å². The molecule has 3 rings (SSSR count). The van der Waals surface area contributed by atoms with Crippen molar-refractivity contribution in [3.8, 4) is 11.3 Å². The molecule has 1 saturated carbocycles.